The molecule has 5 N–H and O–H groups in total. The number of benzene rings is 1. The van der Waals surface area contributed by atoms with Gasteiger partial charge in [-0.05, 0) is 18.1 Å². The summed E-state index contributed by atoms with van der Waals surface area (Å²) in [6, 6.07) is 6.56. The molecule has 0 radical (unpaired) electrons. The van der Waals surface area contributed by atoms with Crippen LogP contribution in [0.4, 0.5) is 4.79 Å². The average molecular weight is 212 g/mol. The predicted molar refractivity (Wildman–Crippen MR) is 58.4 cm³/mol. The predicted octanol–water partition coefficient (Wildman–Crippen LogP) is 0.794. The van der Waals surface area contributed by atoms with Crippen LogP contribution >= 0.6 is 0 Å². The fraction of sp³-hybridized carbons (Fsp3) is 0.200. The molecule has 0 aliphatic rings. The lowest BCUT2D eigenvalue weighted by Crippen LogP contribution is -2.18. The molecule has 1 rings (SSSR count). The zero-order valence-electron chi connectivity index (χ0n) is 8.64. The normalized spacial score (nSPS) is 7.53. The molecule has 0 saturated heterocycles. The van der Waals surface area contributed by atoms with E-state index in [-0.39, 0.29) is 0 Å². The number of amides is 2. The quantitative estimate of drug-likeness (QED) is 0.640. The van der Waals surface area contributed by atoms with Gasteiger partial charge in [0.25, 0.3) is 0 Å². The number of aryl methyl sites for hydroxylation is 1. The van der Waals surface area contributed by atoms with Gasteiger partial charge in [0.1, 0.15) is 12.5 Å². The molecule has 0 bridgehead atoms. The first-order valence-electron chi connectivity index (χ1n) is 4.18. The molecule has 0 aromatic heterocycles. The second-order valence-corrected chi connectivity index (χ2v) is 2.38. The zero-order valence-corrected chi connectivity index (χ0v) is 8.64. The van der Waals surface area contributed by atoms with Crippen molar-refractivity contribution in [3.63, 3.8) is 0 Å². The molecule has 84 valence electrons. The largest absolute Gasteiger partial charge is 0.508 e. The van der Waals surface area contributed by atoms with Gasteiger partial charge in [-0.3, -0.25) is 0 Å². The third-order valence-corrected chi connectivity index (χ3v) is 1.37. The third kappa shape index (κ3) is 9.88. The van der Waals surface area contributed by atoms with Crippen LogP contribution in [0, 0.1) is 0 Å². The van der Waals surface area contributed by atoms with Gasteiger partial charge in [-0.15, -0.1) is 0 Å². The summed E-state index contributed by atoms with van der Waals surface area (Å²) in [6.07, 6.45) is 0.896. The van der Waals surface area contributed by atoms with Crippen molar-refractivity contribution in [1.29, 1.82) is 0 Å². The summed E-state index contributed by atoms with van der Waals surface area (Å²) in [5.41, 5.74) is 9.51. The van der Waals surface area contributed by atoms with Crippen LogP contribution in [0.15, 0.2) is 24.3 Å². The molecule has 5 heteroatoms. The van der Waals surface area contributed by atoms with E-state index in [0.717, 1.165) is 12.0 Å². The Morgan fingerprint density at radius 2 is 1.73 bits per heavy atom. The monoisotopic (exact) mass is 212 g/mol. The van der Waals surface area contributed by atoms with E-state index in [9.17, 15) is 0 Å². The number of phenols is 1. The fourth-order valence-electron chi connectivity index (χ4n) is 0.810. The minimum Gasteiger partial charge on any atom is -0.508 e. The lowest BCUT2D eigenvalue weighted by molar-refractivity contribution is -0.0979. The number of aromatic hydroxyl groups is 1. The number of nitrogens with two attached hydrogens (primary N) is 2. The van der Waals surface area contributed by atoms with Gasteiger partial charge in [-0.1, -0.05) is 25.1 Å². The summed E-state index contributed by atoms with van der Waals surface area (Å²) in [4.78, 5) is 17.0. The minimum atomic E-state index is -0.833. The number of phenolic OH excluding ortho intramolecular Hbond substituents is 1. The SMILES string of the molecule is C=O.CCc1ccccc1O.NC(N)=O. The summed E-state index contributed by atoms with van der Waals surface area (Å²) in [7, 11) is 0. The Bertz CT molecular complexity index is 286. The molecule has 0 fully saturated rings. The van der Waals surface area contributed by atoms with E-state index in [1.54, 1.807) is 6.07 Å². The molecule has 0 spiro atoms. The molecule has 1 aromatic rings. The van der Waals surface area contributed by atoms with E-state index in [2.05, 4.69) is 11.5 Å². The van der Waals surface area contributed by atoms with Crippen molar-refractivity contribution in [2.45, 2.75) is 13.3 Å². The van der Waals surface area contributed by atoms with Crippen LogP contribution in [-0.2, 0) is 11.2 Å². The van der Waals surface area contributed by atoms with Crippen molar-refractivity contribution >= 4 is 12.8 Å². The molecule has 2 amide bonds. The molecular formula is C10H16N2O3. The molecule has 0 saturated carbocycles. The highest BCUT2D eigenvalue weighted by molar-refractivity contribution is 5.69. The Balaban J connectivity index is 0. The number of primary amides is 2. The highest BCUT2D eigenvalue weighted by Gasteiger charge is 1.92. The first kappa shape index (κ1) is 15.4. The van der Waals surface area contributed by atoms with Crippen LogP contribution in [0.5, 0.6) is 5.75 Å². The Kier molecular flexibility index (Phi) is 10.3. The molecule has 15 heavy (non-hydrogen) atoms. The molecule has 0 atom stereocenters. The molecule has 5 nitrogen and oxygen atoms in total. The molecule has 0 heterocycles. The number of hydrogen-bond acceptors (Lipinski definition) is 3. The standard InChI is InChI=1S/C8H10O.CH4N2O.CH2O/c1-2-7-5-3-4-6-8(7)9;2-1(3)4;1-2/h3-6,9H,2H2,1H3;(H4,2,3,4);1H2. The van der Waals surface area contributed by atoms with Crippen LogP contribution in [0.25, 0.3) is 0 Å². The van der Waals surface area contributed by atoms with Crippen molar-refractivity contribution in [3.8, 4) is 5.75 Å². The van der Waals surface area contributed by atoms with Gasteiger partial charge >= 0.3 is 6.03 Å². The molecular weight excluding hydrogens is 196 g/mol. The van der Waals surface area contributed by atoms with E-state index < -0.39 is 6.03 Å². The highest BCUT2D eigenvalue weighted by Crippen LogP contribution is 2.14. The second kappa shape index (κ2) is 10.0. The Morgan fingerprint density at radius 1 is 1.33 bits per heavy atom. The van der Waals surface area contributed by atoms with Crippen LogP contribution in [0.3, 0.4) is 0 Å². The molecule has 0 aliphatic carbocycles. The summed E-state index contributed by atoms with van der Waals surface area (Å²) in [5, 5.41) is 9.11. The van der Waals surface area contributed by atoms with Crippen molar-refractivity contribution in [1.82, 2.24) is 0 Å². The number of para-hydroxylation sites is 1. The molecule has 0 unspecified atom stereocenters. The summed E-state index contributed by atoms with van der Waals surface area (Å²) in [6.45, 7) is 4.02. The molecule has 1 aromatic carbocycles. The second-order valence-electron chi connectivity index (χ2n) is 2.38. The summed E-state index contributed by atoms with van der Waals surface area (Å²) < 4.78 is 0. The van der Waals surface area contributed by atoms with Crippen LogP contribution in [-0.4, -0.2) is 17.9 Å². The number of rotatable bonds is 1. The lowest BCUT2D eigenvalue weighted by Gasteiger charge is -1.97. The van der Waals surface area contributed by atoms with Gasteiger partial charge < -0.3 is 21.4 Å². The first-order chi connectivity index (χ1) is 7.07. The number of carbonyl (C=O) groups is 2. The smallest absolute Gasteiger partial charge is 0.309 e. The molecule has 0 aliphatic heterocycles. The van der Waals surface area contributed by atoms with E-state index in [4.69, 9.17) is 14.7 Å². The maximum Gasteiger partial charge on any atom is 0.309 e. The zero-order chi connectivity index (χ0) is 12.3. The van der Waals surface area contributed by atoms with Gasteiger partial charge in [0, 0.05) is 0 Å². The van der Waals surface area contributed by atoms with E-state index >= 15 is 0 Å². The third-order valence-electron chi connectivity index (χ3n) is 1.37. The Labute approximate surface area is 88.7 Å². The van der Waals surface area contributed by atoms with Gasteiger partial charge in [0.2, 0.25) is 0 Å². The van der Waals surface area contributed by atoms with Gasteiger partial charge in [0.15, 0.2) is 0 Å². The number of carbonyl (C=O) groups excluding carboxylic acids is 2. The fourth-order valence-corrected chi connectivity index (χ4v) is 0.810. The Morgan fingerprint density at radius 3 is 2.00 bits per heavy atom. The summed E-state index contributed by atoms with van der Waals surface area (Å²) >= 11 is 0. The lowest BCUT2D eigenvalue weighted by atomic mass is 10.1. The van der Waals surface area contributed by atoms with Crippen molar-refractivity contribution < 1.29 is 14.7 Å². The minimum absolute atomic E-state index is 0.403. The van der Waals surface area contributed by atoms with Crippen molar-refractivity contribution in [2.75, 3.05) is 0 Å². The van der Waals surface area contributed by atoms with Crippen molar-refractivity contribution in [3.05, 3.63) is 29.8 Å². The van der Waals surface area contributed by atoms with Gasteiger partial charge in [-0.2, -0.15) is 0 Å². The van der Waals surface area contributed by atoms with Gasteiger partial charge in [0.05, 0.1) is 0 Å². The van der Waals surface area contributed by atoms with Crippen LogP contribution < -0.4 is 11.5 Å². The maximum atomic E-state index is 9.11. The van der Waals surface area contributed by atoms with E-state index in [1.807, 2.05) is 31.9 Å². The topological polar surface area (TPSA) is 106 Å². The van der Waals surface area contributed by atoms with E-state index in [1.165, 1.54) is 0 Å². The maximum absolute atomic E-state index is 9.11. The average Bonchev–Trinajstić information content (AvgIpc) is 2.21. The Hall–Kier alpha value is -2.04. The van der Waals surface area contributed by atoms with Crippen molar-refractivity contribution in [2.24, 2.45) is 11.5 Å². The number of hydrogen-bond donors (Lipinski definition) is 3. The first-order valence-corrected chi connectivity index (χ1v) is 4.18. The van der Waals surface area contributed by atoms with E-state index in [0.29, 0.717) is 5.75 Å². The number of urea groups is 1. The highest BCUT2D eigenvalue weighted by atomic mass is 16.3. The van der Waals surface area contributed by atoms with Gasteiger partial charge in [-0.25, -0.2) is 4.79 Å². The van der Waals surface area contributed by atoms with Crippen LogP contribution in [0.2, 0.25) is 0 Å². The van der Waals surface area contributed by atoms with Crippen LogP contribution in [0.1, 0.15) is 12.5 Å². The summed E-state index contributed by atoms with van der Waals surface area (Å²) in [5.74, 6) is 0.403.